The molecule has 3 rings (SSSR count). The van der Waals surface area contributed by atoms with Gasteiger partial charge < -0.3 is 14.8 Å². The third kappa shape index (κ3) is 6.20. The highest BCUT2D eigenvalue weighted by Crippen LogP contribution is 2.22. The summed E-state index contributed by atoms with van der Waals surface area (Å²) in [6, 6.07) is 17.7. The predicted molar refractivity (Wildman–Crippen MR) is 127 cm³/mol. The minimum absolute atomic E-state index is 0.137. The molecule has 0 aliphatic carbocycles. The maximum atomic E-state index is 12.9. The maximum absolute atomic E-state index is 12.9. The van der Waals surface area contributed by atoms with Crippen molar-refractivity contribution in [3.05, 3.63) is 77.1 Å². The van der Waals surface area contributed by atoms with Crippen LogP contribution in [0.1, 0.15) is 48.1 Å². The Bertz CT molecular complexity index is 1030. The number of hydrogen-bond acceptors (Lipinski definition) is 4. The Morgan fingerprint density at radius 2 is 1.84 bits per heavy atom. The van der Waals surface area contributed by atoms with E-state index in [1.807, 2.05) is 57.2 Å². The Labute approximate surface area is 190 Å². The summed E-state index contributed by atoms with van der Waals surface area (Å²) >= 11 is 0. The molecule has 32 heavy (non-hydrogen) atoms. The molecule has 0 bridgehead atoms. The summed E-state index contributed by atoms with van der Waals surface area (Å²) in [6.45, 7) is 8.56. The quantitative estimate of drug-likeness (QED) is 0.509. The molecule has 1 atom stereocenters. The molecule has 0 aliphatic rings. The number of rotatable bonds is 10. The number of aryl methyl sites for hydroxylation is 1. The molecular formula is C26H33N3O3. The second-order valence-electron chi connectivity index (χ2n) is 8.27. The molecule has 170 valence electrons. The summed E-state index contributed by atoms with van der Waals surface area (Å²) < 4.78 is 13.1. The summed E-state index contributed by atoms with van der Waals surface area (Å²) in [6.07, 6.45) is 1.83. The lowest BCUT2D eigenvalue weighted by atomic mass is 10.0. The van der Waals surface area contributed by atoms with Gasteiger partial charge in [0, 0.05) is 6.54 Å². The molecule has 1 N–H and O–H groups in total. The zero-order chi connectivity index (χ0) is 23.1. The van der Waals surface area contributed by atoms with Crippen LogP contribution in [-0.2, 0) is 17.6 Å². The van der Waals surface area contributed by atoms with E-state index in [0.717, 1.165) is 29.1 Å². The van der Waals surface area contributed by atoms with Gasteiger partial charge in [0.1, 0.15) is 11.4 Å². The summed E-state index contributed by atoms with van der Waals surface area (Å²) in [7, 11) is 1.67. The van der Waals surface area contributed by atoms with Gasteiger partial charge in [0.15, 0.2) is 0 Å². The minimum Gasteiger partial charge on any atom is -0.496 e. The van der Waals surface area contributed by atoms with Gasteiger partial charge in [0.25, 0.3) is 5.91 Å². The summed E-state index contributed by atoms with van der Waals surface area (Å²) in [5, 5.41) is 7.51. The normalized spacial score (nSPS) is 12.1. The Balaban J connectivity index is 1.66. The largest absolute Gasteiger partial charge is 0.496 e. The Morgan fingerprint density at radius 3 is 2.53 bits per heavy atom. The van der Waals surface area contributed by atoms with Crippen molar-refractivity contribution in [2.45, 2.75) is 52.7 Å². The Kier molecular flexibility index (Phi) is 8.06. The molecule has 1 unspecified atom stereocenters. The predicted octanol–water partition coefficient (Wildman–Crippen LogP) is 4.52. The molecule has 1 amide bonds. The van der Waals surface area contributed by atoms with Crippen molar-refractivity contribution in [3.63, 3.8) is 0 Å². The zero-order valence-electron chi connectivity index (χ0n) is 19.6. The first-order chi connectivity index (χ1) is 15.4. The van der Waals surface area contributed by atoms with Gasteiger partial charge in [-0.15, -0.1) is 0 Å². The van der Waals surface area contributed by atoms with Crippen LogP contribution in [-0.4, -0.2) is 41.6 Å². The van der Waals surface area contributed by atoms with Gasteiger partial charge in [-0.05, 0) is 75.9 Å². The lowest BCUT2D eigenvalue weighted by Gasteiger charge is -2.17. The standard InChI is InChI=1S/C26H33N3O3/c1-18(2)32-20(4)16-21-11-12-25(31-5)22(17-21)13-14-27-26(30)24-15-19(3)28-29(24)23-9-7-6-8-10-23/h6-12,15,17-18,20H,13-14,16H2,1-5H3,(H,27,30). The molecule has 6 nitrogen and oxygen atoms in total. The molecule has 3 aromatic rings. The van der Waals surface area contributed by atoms with Crippen molar-refractivity contribution in [2.75, 3.05) is 13.7 Å². The molecule has 1 aromatic heterocycles. The van der Waals surface area contributed by atoms with E-state index in [1.54, 1.807) is 17.9 Å². The van der Waals surface area contributed by atoms with Gasteiger partial charge in [-0.25, -0.2) is 4.68 Å². The molecule has 1 heterocycles. The van der Waals surface area contributed by atoms with Gasteiger partial charge >= 0.3 is 0 Å². The van der Waals surface area contributed by atoms with E-state index in [1.165, 1.54) is 5.56 Å². The van der Waals surface area contributed by atoms with E-state index in [2.05, 4.69) is 29.5 Å². The van der Waals surface area contributed by atoms with E-state index in [4.69, 9.17) is 9.47 Å². The summed E-state index contributed by atoms with van der Waals surface area (Å²) in [5.41, 5.74) is 4.44. The fourth-order valence-electron chi connectivity index (χ4n) is 3.83. The first-order valence-electron chi connectivity index (χ1n) is 11.1. The van der Waals surface area contributed by atoms with Crippen molar-refractivity contribution in [2.24, 2.45) is 0 Å². The lowest BCUT2D eigenvalue weighted by molar-refractivity contribution is 0.0195. The fourth-order valence-corrected chi connectivity index (χ4v) is 3.83. The van der Waals surface area contributed by atoms with Crippen LogP contribution in [0.15, 0.2) is 54.6 Å². The molecular weight excluding hydrogens is 402 g/mol. The number of nitrogens with one attached hydrogen (secondary N) is 1. The highest BCUT2D eigenvalue weighted by atomic mass is 16.5. The third-order valence-corrected chi connectivity index (χ3v) is 5.12. The van der Waals surface area contributed by atoms with E-state index in [-0.39, 0.29) is 18.1 Å². The first kappa shape index (κ1) is 23.5. The van der Waals surface area contributed by atoms with E-state index in [9.17, 15) is 4.79 Å². The molecule has 0 aliphatic heterocycles. The maximum Gasteiger partial charge on any atom is 0.270 e. The number of benzene rings is 2. The third-order valence-electron chi connectivity index (χ3n) is 5.12. The van der Waals surface area contributed by atoms with Crippen LogP contribution >= 0.6 is 0 Å². The van der Waals surface area contributed by atoms with Gasteiger partial charge in [-0.1, -0.05) is 30.3 Å². The highest BCUT2D eigenvalue weighted by molar-refractivity contribution is 5.93. The SMILES string of the molecule is COc1ccc(CC(C)OC(C)C)cc1CCNC(=O)c1cc(C)nn1-c1ccccc1. The number of aromatic nitrogens is 2. The van der Waals surface area contributed by atoms with Crippen molar-refractivity contribution in [3.8, 4) is 11.4 Å². The van der Waals surface area contributed by atoms with E-state index in [0.29, 0.717) is 18.7 Å². The molecule has 0 spiro atoms. The average molecular weight is 436 g/mol. The van der Waals surface area contributed by atoms with Gasteiger partial charge in [-0.3, -0.25) is 4.79 Å². The number of ether oxygens (including phenoxy) is 2. The molecule has 0 saturated heterocycles. The topological polar surface area (TPSA) is 65.4 Å². The van der Waals surface area contributed by atoms with E-state index >= 15 is 0 Å². The number of methoxy groups -OCH3 is 1. The first-order valence-corrected chi connectivity index (χ1v) is 11.1. The van der Waals surface area contributed by atoms with Crippen LogP contribution < -0.4 is 10.1 Å². The van der Waals surface area contributed by atoms with Crippen molar-refractivity contribution < 1.29 is 14.3 Å². The number of para-hydroxylation sites is 1. The Hall–Kier alpha value is -3.12. The monoisotopic (exact) mass is 435 g/mol. The molecule has 6 heteroatoms. The summed E-state index contributed by atoms with van der Waals surface area (Å²) in [5.74, 6) is 0.675. The number of carbonyl (C=O) groups excluding carboxylic acids is 1. The highest BCUT2D eigenvalue weighted by Gasteiger charge is 2.16. The smallest absolute Gasteiger partial charge is 0.270 e. The number of carbonyl (C=O) groups is 1. The van der Waals surface area contributed by atoms with Crippen LogP contribution in [0.2, 0.25) is 0 Å². The second-order valence-corrected chi connectivity index (χ2v) is 8.27. The summed E-state index contributed by atoms with van der Waals surface area (Å²) in [4.78, 5) is 12.9. The van der Waals surface area contributed by atoms with Gasteiger partial charge in [0.05, 0.1) is 30.7 Å². The molecule has 0 radical (unpaired) electrons. The van der Waals surface area contributed by atoms with Gasteiger partial charge in [-0.2, -0.15) is 5.10 Å². The van der Waals surface area contributed by atoms with Crippen LogP contribution in [0.3, 0.4) is 0 Å². The van der Waals surface area contributed by atoms with Crippen LogP contribution in [0.4, 0.5) is 0 Å². The fraction of sp³-hybridized carbons (Fsp3) is 0.385. The number of hydrogen-bond donors (Lipinski definition) is 1. The minimum atomic E-state index is -0.150. The zero-order valence-corrected chi connectivity index (χ0v) is 19.6. The van der Waals surface area contributed by atoms with Crippen molar-refractivity contribution in [1.29, 1.82) is 0 Å². The average Bonchev–Trinajstić information content (AvgIpc) is 3.16. The van der Waals surface area contributed by atoms with Gasteiger partial charge in [0.2, 0.25) is 0 Å². The van der Waals surface area contributed by atoms with E-state index < -0.39 is 0 Å². The second kappa shape index (κ2) is 11.0. The van der Waals surface area contributed by atoms with Crippen LogP contribution in [0.5, 0.6) is 5.75 Å². The van der Waals surface area contributed by atoms with Crippen LogP contribution in [0.25, 0.3) is 5.69 Å². The van der Waals surface area contributed by atoms with Crippen molar-refractivity contribution >= 4 is 5.91 Å². The lowest BCUT2D eigenvalue weighted by Crippen LogP contribution is -2.28. The number of amides is 1. The Morgan fingerprint density at radius 1 is 1.09 bits per heavy atom. The molecule has 0 saturated carbocycles. The number of nitrogens with zero attached hydrogens (tertiary/aromatic N) is 2. The van der Waals surface area contributed by atoms with Crippen molar-refractivity contribution in [1.82, 2.24) is 15.1 Å². The molecule has 0 fully saturated rings. The molecule has 2 aromatic carbocycles. The van der Waals surface area contributed by atoms with Crippen LogP contribution in [0, 0.1) is 6.92 Å².